The van der Waals surface area contributed by atoms with Crippen molar-refractivity contribution in [3.63, 3.8) is 0 Å². The molecule has 0 spiro atoms. The fourth-order valence-corrected chi connectivity index (χ4v) is 2.06. The minimum atomic E-state index is 0.490. The van der Waals surface area contributed by atoms with Gasteiger partial charge >= 0.3 is 0 Å². The fraction of sp³-hybridized carbons (Fsp3) is 0.154. The van der Waals surface area contributed by atoms with Gasteiger partial charge in [-0.1, -0.05) is 12.1 Å². The smallest absolute Gasteiger partial charge is 0.174 e. The monoisotopic (exact) mass is 341 g/mol. The summed E-state index contributed by atoms with van der Waals surface area (Å²) in [6.45, 7) is 0.490. The minimum absolute atomic E-state index is 0.490. The molecule has 88 valence electrons. The standard InChI is InChI=1S/C13H12INO2/c1-16-12-6-2-5-11(14)13(12)17-9-10-4-3-7-15-8-10/h2-8H,9H2,1H3. The second-order valence-corrected chi connectivity index (χ2v) is 4.58. The maximum absolute atomic E-state index is 5.77. The predicted molar refractivity (Wildman–Crippen MR) is 74.3 cm³/mol. The highest BCUT2D eigenvalue weighted by Gasteiger charge is 2.08. The Hall–Kier alpha value is -1.30. The molecule has 17 heavy (non-hydrogen) atoms. The molecule has 0 aliphatic carbocycles. The van der Waals surface area contributed by atoms with Crippen molar-refractivity contribution in [1.29, 1.82) is 0 Å². The third kappa shape index (κ3) is 3.09. The van der Waals surface area contributed by atoms with E-state index in [4.69, 9.17) is 9.47 Å². The quantitative estimate of drug-likeness (QED) is 0.800. The van der Waals surface area contributed by atoms with Gasteiger partial charge in [-0.2, -0.15) is 0 Å². The van der Waals surface area contributed by atoms with Gasteiger partial charge in [0, 0.05) is 18.0 Å². The second kappa shape index (κ2) is 5.86. The number of pyridine rings is 1. The number of halogens is 1. The lowest BCUT2D eigenvalue weighted by atomic mass is 10.3. The zero-order chi connectivity index (χ0) is 12.1. The molecular formula is C13H12INO2. The number of hydrogen-bond donors (Lipinski definition) is 0. The zero-order valence-electron chi connectivity index (χ0n) is 9.39. The highest BCUT2D eigenvalue weighted by atomic mass is 127. The Balaban J connectivity index is 2.14. The van der Waals surface area contributed by atoms with Crippen LogP contribution in [0, 0.1) is 3.57 Å². The van der Waals surface area contributed by atoms with Crippen LogP contribution in [-0.4, -0.2) is 12.1 Å². The summed E-state index contributed by atoms with van der Waals surface area (Å²) in [4.78, 5) is 4.05. The Kier molecular flexibility index (Phi) is 4.19. The van der Waals surface area contributed by atoms with E-state index in [9.17, 15) is 0 Å². The van der Waals surface area contributed by atoms with Crippen molar-refractivity contribution in [3.05, 3.63) is 51.9 Å². The molecule has 2 rings (SSSR count). The lowest BCUT2D eigenvalue weighted by Gasteiger charge is -2.12. The molecule has 0 N–H and O–H groups in total. The fourth-order valence-electron chi connectivity index (χ4n) is 1.43. The highest BCUT2D eigenvalue weighted by molar-refractivity contribution is 14.1. The number of hydrogen-bond acceptors (Lipinski definition) is 3. The first-order valence-corrected chi connectivity index (χ1v) is 6.23. The van der Waals surface area contributed by atoms with Gasteiger partial charge in [0.1, 0.15) is 6.61 Å². The summed E-state index contributed by atoms with van der Waals surface area (Å²) < 4.78 is 12.1. The van der Waals surface area contributed by atoms with Gasteiger partial charge in [-0.15, -0.1) is 0 Å². The lowest BCUT2D eigenvalue weighted by molar-refractivity contribution is 0.282. The molecule has 1 aromatic carbocycles. The van der Waals surface area contributed by atoms with Crippen LogP contribution < -0.4 is 9.47 Å². The van der Waals surface area contributed by atoms with Gasteiger partial charge in [-0.05, 0) is 40.8 Å². The Morgan fingerprint density at radius 2 is 2.12 bits per heavy atom. The van der Waals surface area contributed by atoms with E-state index in [0.29, 0.717) is 6.61 Å². The van der Waals surface area contributed by atoms with Gasteiger partial charge in [0.25, 0.3) is 0 Å². The second-order valence-electron chi connectivity index (χ2n) is 3.42. The van der Waals surface area contributed by atoms with Crippen LogP contribution in [0.2, 0.25) is 0 Å². The number of methoxy groups -OCH3 is 1. The van der Waals surface area contributed by atoms with Crippen LogP contribution in [0.1, 0.15) is 5.56 Å². The number of nitrogens with zero attached hydrogens (tertiary/aromatic N) is 1. The molecule has 1 aromatic heterocycles. The Labute approximate surface area is 114 Å². The largest absolute Gasteiger partial charge is 0.493 e. The molecule has 0 radical (unpaired) electrons. The lowest BCUT2D eigenvalue weighted by Crippen LogP contribution is -1.99. The Bertz CT molecular complexity index is 488. The molecular weight excluding hydrogens is 329 g/mol. The molecule has 0 aliphatic rings. The van der Waals surface area contributed by atoms with Crippen molar-refractivity contribution >= 4 is 22.6 Å². The molecule has 4 heteroatoms. The molecule has 0 amide bonds. The Morgan fingerprint density at radius 3 is 2.82 bits per heavy atom. The van der Waals surface area contributed by atoms with E-state index < -0.39 is 0 Å². The van der Waals surface area contributed by atoms with Crippen LogP contribution in [-0.2, 0) is 6.61 Å². The number of aromatic nitrogens is 1. The van der Waals surface area contributed by atoms with Crippen molar-refractivity contribution in [2.75, 3.05) is 7.11 Å². The Morgan fingerprint density at radius 1 is 1.24 bits per heavy atom. The van der Waals surface area contributed by atoms with Gasteiger partial charge in [0.2, 0.25) is 0 Å². The van der Waals surface area contributed by atoms with E-state index in [-0.39, 0.29) is 0 Å². The van der Waals surface area contributed by atoms with Gasteiger partial charge in [0.05, 0.1) is 10.7 Å². The number of benzene rings is 1. The molecule has 0 saturated carbocycles. The van der Waals surface area contributed by atoms with E-state index in [1.807, 2.05) is 30.3 Å². The first-order valence-electron chi connectivity index (χ1n) is 5.15. The average Bonchev–Trinajstić information content (AvgIpc) is 2.38. The third-order valence-electron chi connectivity index (χ3n) is 2.26. The molecule has 2 aromatic rings. The highest BCUT2D eigenvalue weighted by Crippen LogP contribution is 2.32. The number of rotatable bonds is 4. The first-order chi connectivity index (χ1) is 8.31. The summed E-state index contributed by atoms with van der Waals surface area (Å²) in [7, 11) is 1.64. The van der Waals surface area contributed by atoms with Crippen molar-refractivity contribution in [2.24, 2.45) is 0 Å². The molecule has 0 bridgehead atoms. The van der Waals surface area contributed by atoms with E-state index >= 15 is 0 Å². The van der Waals surface area contributed by atoms with Crippen LogP contribution >= 0.6 is 22.6 Å². The normalized spacial score (nSPS) is 10.0. The van der Waals surface area contributed by atoms with Crippen molar-refractivity contribution in [2.45, 2.75) is 6.61 Å². The SMILES string of the molecule is COc1cccc(I)c1OCc1cccnc1. The molecule has 3 nitrogen and oxygen atoms in total. The molecule has 0 fully saturated rings. The summed E-state index contributed by atoms with van der Waals surface area (Å²) >= 11 is 2.23. The van der Waals surface area contributed by atoms with E-state index in [1.165, 1.54) is 0 Å². The molecule has 1 heterocycles. The average molecular weight is 341 g/mol. The van der Waals surface area contributed by atoms with Crippen LogP contribution in [0.25, 0.3) is 0 Å². The molecule has 0 aliphatic heterocycles. The van der Waals surface area contributed by atoms with Crippen LogP contribution in [0.5, 0.6) is 11.5 Å². The minimum Gasteiger partial charge on any atom is -0.493 e. The van der Waals surface area contributed by atoms with Gasteiger partial charge in [0.15, 0.2) is 11.5 Å². The van der Waals surface area contributed by atoms with Gasteiger partial charge in [-0.3, -0.25) is 4.98 Å². The molecule has 0 saturated heterocycles. The summed E-state index contributed by atoms with van der Waals surface area (Å²) in [6, 6.07) is 9.70. The van der Waals surface area contributed by atoms with Crippen LogP contribution in [0.4, 0.5) is 0 Å². The predicted octanol–water partition coefficient (Wildman–Crippen LogP) is 3.27. The van der Waals surface area contributed by atoms with Gasteiger partial charge in [-0.25, -0.2) is 0 Å². The van der Waals surface area contributed by atoms with E-state index in [2.05, 4.69) is 27.6 Å². The van der Waals surface area contributed by atoms with E-state index in [1.54, 1.807) is 19.5 Å². The third-order valence-corrected chi connectivity index (χ3v) is 3.11. The zero-order valence-corrected chi connectivity index (χ0v) is 11.5. The maximum Gasteiger partial charge on any atom is 0.174 e. The molecule has 0 unspecified atom stereocenters. The first kappa shape index (κ1) is 12.2. The van der Waals surface area contributed by atoms with Crippen LogP contribution in [0.15, 0.2) is 42.7 Å². The van der Waals surface area contributed by atoms with E-state index in [0.717, 1.165) is 20.6 Å². The summed E-state index contributed by atoms with van der Waals surface area (Å²) in [5, 5.41) is 0. The topological polar surface area (TPSA) is 31.4 Å². The van der Waals surface area contributed by atoms with Gasteiger partial charge < -0.3 is 9.47 Å². The summed E-state index contributed by atoms with van der Waals surface area (Å²) in [5.74, 6) is 1.53. The maximum atomic E-state index is 5.77. The van der Waals surface area contributed by atoms with Crippen molar-refractivity contribution < 1.29 is 9.47 Å². The summed E-state index contributed by atoms with van der Waals surface area (Å²) in [5.41, 5.74) is 1.04. The summed E-state index contributed by atoms with van der Waals surface area (Å²) in [6.07, 6.45) is 3.54. The molecule has 0 atom stereocenters. The van der Waals surface area contributed by atoms with Crippen molar-refractivity contribution in [3.8, 4) is 11.5 Å². The van der Waals surface area contributed by atoms with Crippen molar-refractivity contribution in [1.82, 2.24) is 4.98 Å². The number of para-hydroxylation sites is 1. The number of ether oxygens (including phenoxy) is 2. The van der Waals surface area contributed by atoms with Crippen LogP contribution in [0.3, 0.4) is 0 Å².